The lowest BCUT2D eigenvalue weighted by molar-refractivity contribution is 0.0342. The Morgan fingerprint density at radius 2 is 1.88 bits per heavy atom. The Hall–Kier alpha value is -3.02. The van der Waals surface area contributed by atoms with E-state index in [2.05, 4.69) is 59.1 Å². The number of nitrogens with zero attached hydrogens (tertiary/aromatic N) is 4. The lowest BCUT2D eigenvalue weighted by Gasteiger charge is -2.26. The quantitative estimate of drug-likeness (QED) is 0.193. The van der Waals surface area contributed by atoms with Crippen molar-refractivity contribution in [1.29, 1.82) is 0 Å². The number of aromatic nitrogens is 2. The summed E-state index contributed by atoms with van der Waals surface area (Å²) < 4.78 is 23.9. The van der Waals surface area contributed by atoms with Gasteiger partial charge in [0.2, 0.25) is 11.7 Å². The van der Waals surface area contributed by atoms with Gasteiger partial charge in [-0.1, -0.05) is 29.4 Å². The molecule has 9 nitrogen and oxygen atoms in total. The van der Waals surface area contributed by atoms with Gasteiger partial charge in [0, 0.05) is 31.9 Å². The zero-order chi connectivity index (χ0) is 22.3. The lowest BCUT2D eigenvalue weighted by Crippen LogP contribution is -2.35. The first-order chi connectivity index (χ1) is 15.6. The standard InChI is InChI=1S/C21H22BrFN6O3/c22-17-11-16(5-6-18(17)23)25-21(26-30)19-20(28-32-27-19)24-12-14-1-3-15(4-2-14)13-29-7-9-31-10-8-29/h1-6,11,30H,7-10,12-13H2,(H,24,28)(H,25,26). The monoisotopic (exact) mass is 504 g/mol. The van der Waals surface area contributed by atoms with Gasteiger partial charge in [0.05, 0.1) is 17.7 Å². The van der Waals surface area contributed by atoms with Crippen LogP contribution in [0, 0.1) is 5.82 Å². The van der Waals surface area contributed by atoms with E-state index >= 15 is 0 Å². The summed E-state index contributed by atoms with van der Waals surface area (Å²) in [6.07, 6.45) is 0. The smallest absolute Gasteiger partial charge is 0.203 e. The molecule has 2 heterocycles. The van der Waals surface area contributed by atoms with Crippen LogP contribution in [-0.2, 0) is 17.8 Å². The Balaban J connectivity index is 1.37. The van der Waals surface area contributed by atoms with Gasteiger partial charge < -0.3 is 20.6 Å². The van der Waals surface area contributed by atoms with E-state index < -0.39 is 5.82 Å². The number of hydrogen-bond donors (Lipinski definition) is 3. The summed E-state index contributed by atoms with van der Waals surface area (Å²) >= 11 is 3.12. The van der Waals surface area contributed by atoms with Gasteiger partial charge in [0.15, 0.2) is 5.69 Å². The first-order valence-corrected chi connectivity index (χ1v) is 10.8. The molecule has 1 aromatic heterocycles. The molecule has 1 aliphatic heterocycles. The summed E-state index contributed by atoms with van der Waals surface area (Å²) in [5, 5.41) is 26.4. The predicted octanol–water partition coefficient (Wildman–Crippen LogP) is 3.66. The first-order valence-electron chi connectivity index (χ1n) is 10.0. The van der Waals surface area contributed by atoms with E-state index in [9.17, 15) is 9.60 Å². The van der Waals surface area contributed by atoms with Crippen molar-refractivity contribution in [3.63, 3.8) is 0 Å². The SMILES string of the molecule is O/N=C(/Nc1ccc(F)c(Br)c1)c1nonc1NCc1ccc(CN2CCOCC2)cc1. The Kier molecular flexibility index (Phi) is 7.30. The minimum Gasteiger partial charge on any atom is -0.409 e. The Labute approximate surface area is 192 Å². The highest BCUT2D eigenvalue weighted by Gasteiger charge is 2.18. The topological polar surface area (TPSA) is 108 Å². The van der Waals surface area contributed by atoms with Gasteiger partial charge in [-0.3, -0.25) is 4.90 Å². The van der Waals surface area contributed by atoms with Gasteiger partial charge in [-0.2, -0.15) is 0 Å². The second-order valence-electron chi connectivity index (χ2n) is 7.22. The third-order valence-corrected chi connectivity index (χ3v) is 5.60. The molecule has 0 saturated carbocycles. The number of rotatable bonds is 7. The van der Waals surface area contributed by atoms with Crippen molar-refractivity contribution >= 4 is 33.3 Å². The molecule has 1 aliphatic rings. The molecule has 1 saturated heterocycles. The van der Waals surface area contributed by atoms with Gasteiger partial charge in [-0.15, -0.1) is 0 Å². The second-order valence-corrected chi connectivity index (χ2v) is 8.08. The van der Waals surface area contributed by atoms with E-state index in [-0.39, 0.29) is 16.0 Å². The number of morpholine rings is 1. The van der Waals surface area contributed by atoms with Crippen LogP contribution in [0.25, 0.3) is 0 Å². The number of amidine groups is 1. The highest BCUT2D eigenvalue weighted by molar-refractivity contribution is 9.10. The van der Waals surface area contributed by atoms with E-state index in [1.165, 1.54) is 23.8 Å². The first kappa shape index (κ1) is 22.2. The van der Waals surface area contributed by atoms with Crippen LogP contribution < -0.4 is 10.6 Å². The van der Waals surface area contributed by atoms with Crippen LogP contribution in [-0.4, -0.2) is 52.6 Å². The van der Waals surface area contributed by atoms with Crippen molar-refractivity contribution in [2.24, 2.45) is 5.16 Å². The zero-order valence-corrected chi connectivity index (χ0v) is 18.7. The predicted molar refractivity (Wildman–Crippen MR) is 120 cm³/mol. The normalized spacial score (nSPS) is 15.0. The van der Waals surface area contributed by atoms with E-state index in [0.717, 1.165) is 38.4 Å². The molecule has 2 aromatic carbocycles. The molecule has 0 radical (unpaired) electrons. The minimum atomic E-state index is -0.403. The highest BCUT2D eigenvalue weighted by atomic mass is 79.9. The van der Waals surface area contributed by atoms with Gasteiger partial charge >= 0.3 is 0 Å². The maximum absolute atomic E-state index is 13.5. The molecule has 0 unspecified atom stereocenters. The Morgan fingerprint density at radius 3 is 2.59 bits per heavy atom. The number of nitrogens with one attached hydrogen (secondary N) is 2. The van der Waals surface area contributed by atoms with Crippen molar-refractivity contribution in [1.82, 2.24) is 15.2 Å². The van der Waals surface area contributed by atoms with E-state index in [4.69, 9.17) is 9.37 Å². The summed E-state index contributed by atoms with van der Waals surface area (Å²) in [5.41, 5.74) is 2.97. The highest BCUT2D eigenvalue weighted by Crippen LogP contribution is 2.21. The Bertz CT molecular complexity index is 1070. The fourth-order valence-corrected chi connectivity index (χ4v) is 3.65. The van der Waals surface area contributed by atoms with Crippen LogP contribution in [0.3, 0.4) is 0 Å². The summed E-state index contributed by atoms with van der Waals surface area (Å²) in [4.78, 5) is 2.37. The largest absolute Gasteiger partial charge is 0.409 e. The third kappa shape index (κ3) is 5.61. The number of hydrogen-bond acceptors (Lipinski definition) is 8. The molecule has 168 valence electrons. The molecule has 0 amide bonds. The fourth-order valence-electron chi connectivity index (χ4n) is 3.27. The van der Waals surface area contributed by atoms with Crippen LogP contribution in [0.1, 0.15) is 16.8 Å². The van der Waals surface area contributed by atoms with E-state index in [1.807, 2.05) is 12.1 Å². The molecule has 0 aliphatic carbocycles. The molecule has 11 heteroatoms. The molecule has 4 rings (SSSR count). The number of anilines is 2. The molecule has 3 N–H and O–H groups in total. The third-order valence-electron chi connectivity index (χ3n) is 4.99. The van der Waals surface area contributed by atoms with Crippen molar-refractivity contribution in [3.8, 4) is 0 Å². The van der Waals surface area contributed by atoms with Crippen molar-refractivity contribution in [2.45, 2.75) is 13.1 Å². The van der Waals surface area contributed by atoms with Crippen LogP contribution in [0.4, 0.5) is 15.9 Å². The summed E-state index contributed by atoms with van der Waals surface area (Å²) in [7, 11) is 0. The number of benzene rings is 2. The van der Waals surface area contributed by atoms with Crippen molar-refractivity contribution in [2.75, 3.05) is 36.9 Å². The van der Waals surface area contributed by atoms with Gasteiger partial charge in [0.1, 0.15) is 5.82 Å². The number of oxime groups is 1. The summed E-state index contributed by atoms with van der Waals surface area (Å²) in [6, 6.07) is 12.6. The van der Waals surface area contributed by atoms with Crippen LogP contribution in [0.2, 0.25) is 0 Å². The minimum absolute atomic E-state index is 0.00752. The van der Waals surface area contributed by atoms with E-state index in [1.54, 1.807) is 0 Å². The number of halogens is 2. The van der Waals surface area contributed by atoms with Crippen LogP contribution in [0.15, 0.2) is 56.7 Å². The number of ether oxygens (including phenoxy) is 1. The maximum Gasteiger partial charge on any atom is 0.203 e. The lowest BCUT2D eigenvalue weighted by atomic mass is 10.1. The molecule has 3 aromatic rings. The van der Waals surface area contributed by atoms with Crippen molar-refractivity contribution in [3.05, 3.63) is 69.6 Å². The van der Waals surface area contributed by atoms with Crippen LogP contribution in [0.5, 0.6) is 0 Å². The average Bonchev–Trinajstić information content (AvgIpc) is 3.28. The fraction of sp³-hybridized carbons (Fsp3) is 0.286. The molecule has 0 bridgehead atoms. The second kappa shape index (κ2) is 10.5. The van der Waals surface area contributed by atoms with E-state index in [0.29, 0.717) is 18.1 Å². The van der Waals surface area contributed by atoms with Gasteiger partial charge in [-0.05, 0) is 55.6 Å². The average molecular weight is 505 g/mol. The van der Waals surface area contributed by atoms with Crippen LogP contribution >= 0.6 is 15.9 Å². The molecule has 1 fully saturated rings. The van der Waals surface area contributed by atoms with Gasteiger partial charge in [-0.25, -0.2) is 9.02 Å². The molecule has 32 heavy (non-hydrogen) atoms. The molecule has 0 atom stereocenters. The summed E-state index contributed by atoms with van der Waals surface area (Å²) in [5.74, 6) is -0.0866. The van der Waals surface area contributed by atoms with Crippen molar-refractivity contribution < 1.29 is 19.0 Å². The zero-order valence-electron chi connectivity index (χ0n) is 17.1. The molecular formula is C21H22BrFN6O3. The summed E-state index contributed by atoms with van der Waals surface area (Å²) in [6.45, 7) is 4.83. The molecular weight excluding hydrogens is 483 g/mol. The Morgan fingerprint density at radius 1 is 1.12 bits per heavy atom. The maximum atomic E-state index is 13.5. The molecule has 0 spiro atoms. The van der Waals surface area contributed by atoms with Gasteiger partial charge in [0.25, 0.3) is 0 Å².